The van der Waals surface area contributed by atoms with Gasteiger partial charge in [-0.15, -0.1) is 11.3 Å². The summed E-state index contributed by atoms with van der Waals surface area (Å²) in [7, 11) is 0. The molecular formula is C23H24N4O2S. The number of anilines is 1. The summed E-state index contributed by atoms with van der Waals surface area (Å²) >= 11 is 1.54. The second-order valence-corrected chi connectivity index (χ2v) is 8.34. The molecule has 2 N–H and O–H groups in total. The molecule has 0 saturated carbocycles. The van der Waals surface area contributed by atoms with Gasteiger partial charge < -0.3 is 10.6 Å². The summed E-state index contributed by atoms with van der Waals surface area (Å²) in [5.41, 5.74) is 2.97. The van der Waals surface area contributed by atoms with E-state index in [4.69, 9.17) is 0 Å². The van der Waals surface area contributed by atoms with Crippen LogP contribution in [0, 0.1) is 0 Å². The van der Waals surface area contributed by atoms with Crippen molar-refractivity contribution in [3.63, 3.8) is 0 Å². The molecule has 1 aliphatic heterocycles. The molecule has 1 aromatic heterocycles. The molecule has 0 fully saturated rings. The predicted octanol–water partition coefficient (Wildman–Crippen LogP) is 3.46. The summed E-state index contributed by atoms with van der Waals surface area (Å²) in [5, 5.41) is 6.29. The highest BCUT2D eigenvalue weighted by Gasteiger charge is 2.21. The van der Waals surface area contributed by atoms with Crippen molar-refractivity contribution in [2.24, 2.45) is 0 Å². The number of aromatic nitrogens is 1. The van der Waals surface area contributed by atoms with Gasteiger partial charge in [0.1, 0.15) is 0 Å². The van der Waals surface area contributed by atoms with Crippen LogP contribution in [0.4, 0.5) is 5.13 Å². The van der Waals surface area contributed by atoms with Crippen molar-refractivity contribution in [3.8, 4) is 0 Å². The van der Waals surface area contributed by atoms with Crippen molar-refractivity contribution < 1.29 is 9.59 Å². The molecule has 0 aliphatic carbocycles. The molecule has 0 radical (unpaired) electrons. The Kier molecular flexibility index (Phi) is 6.51. The number of hydrogen-bond donors (Lipinski definition) is 2. The number of nitrogens with zero attached hydrogens (tertiary/aromatic N) is 2. The molecule has 2 aromatic carbocycles. The molecule has 3 aromatic rings. The summed E-state index contributed by atoms with van der Waals surface area (Å²) in [6.07, 6.45) is 1.10. The molecule has 6 nitrogen and oxygen atoms in total. The van der Waals surface area contributed by atoms with E-state index < -0.39 is 0 Å². The van der Waals surface area contributed by atoms with Gasteiger partial charge in [0, 0.05) is 49.5 Å². The lowest BCUT2D eigenvalue weighted by Crippen LogP contribution is -2.29. The monoisotopic (exact) mass is 420 g/mol. The van der Waals surface area contributed by atoms with Crippen molar-refractivity contribution in [1.29, 1.82) is 0 Å². The second kappa shape index (κ2) is 9.65. The van der Waals surface area contributed by atoms with Gasteiger partial charge in [0.15, 0.2) is 5.13 Å². The number of fused-ring (bicyclic) bond motifs is 1. The van der Waals surface area contributed by atoms with Crippen LogP contribution in [-0.2, 0) is 24.3 Å². The molecule has 1 aliphatic rings. The molecular weight excluding hydrogens is 396 g/mol. The highest BCUT2D eigenvalue weighted by Crippen LogP contribution is 2.29. The van der Waals surface area contributed by atoms with Gasteiger partial charge >= 0.3 is 0 Å². The van der Waals surface area contributed by atoms with Gasteiger partial charge in [-0.1, -0.05) is 48.5 Å². The maximum Gasteiger partial charge on any atom is 0.251 e. The first-order chi connectivity index (χ1) is 14.7. The highest BCUT2D eigenvalue weighted by molar-refractivity contribution is 7.15. The van der Waals surface area contributed by atoms with Crippen LogP contribution in [0.5, 0.6) is 0 Å². The Hall–Kier alpha value is -3.03. The molecule has 4 rings (SSSR count). The minimum atomic E-state index is -0.174. The highest BCUT2D eigenvalue weighted by atomic mass is 32.1. The van der Waals surface area contributed by atoms with E-state index in [0.717, 1.165) is 31.7 Å². The fourth-order valence-electron chi connectivity index (χ4n) is 3.44. The van der Waals surface area contributed by atoms with Crippen LogP contribution in [0.2, 0.25) is 0 Å². The Morgan fingerprint density at radius 3 is 2.53 bits per heavy atom. The molecule has 0 bridgehead atoms. The molecule has 0 spiro atoms. The van der Waals surface area contributed by atoms with Crippen LogP contribution < -0.4 is 10.6 Å². The van der Waals surface area contributed by atoms with Gasteiger partial charge in [0.2, 0.25) is 5.91 Å². The van der Waals surface area contributed by atoms with E-state index in [-0.39, 0.29) is 24.8 Å². The number of carbonyl (C=O) groups is 2. The van der Waals surface area contributed by atoms with Crippen LogP contribution in [0.3, 0.4) is 0 Å². The van der Waals surface area contributed by atoms with Crippen molar-refractivity contribution in [2.75, 3.05) is 18.4 Å². The molecule has 0 saturated heterocycles. The first kappa shape index (κ1) is 20.3. The number of carbonyl (C=O) groups excluding carboxylic acids is 2. The van der Waals surface area contributed by atoms with Gasteiger partial charge in [-0.3, -0.25) is 14.5 Å². The zero-order valence-corrected chi connectivity index (χ0v) is 17.5. The molecule has 30 heavy (non-hydrogen) atoms. The van der Waals surface area contributed by atoms with E-state index in [1.54, 1.807) is 23.5 Å². The van der Waals surface area contributed by atoms with Crippen molar-refractivity contribution >= 4 is 28.3 Å². The standard InChI is InChI=1S/C23H24N4O2S/c28-21(11-13-24-22(29)18-9-5-2-6-10-18)26-23-25-19-12-14-27(16-20(19)30-23)15-17-7-3-1-4-8-17/h1-10H,11-16H2,(H,24,29)(H,25,26,28). The van der Waals surface area contributed by atoms with Crippen LogP contribution in [0.1, 0.15) is 32.9 Å². The third-order valence-electron chi connectivity index (χ3n) is 4.98. The SMILES string of the molecule is O=C(CCNC(=O)c1ccccc1)Nc1nc2c(s1)CN(Cc1ccccc1)CC2. The van der Waals surface area contributed by atoms with Gasteiger partial charge in [0.05, 0.1) is 5.69 Å². The Labute approximate surface area is 180 Å². The molecule has 7 heteroatoms. The minimum Gasteiger partial charge on any atom is -0.352 e. The van der Waals surface area contributed by atoms with Gasteiger partial charge in [-0.25, -0.2) is 4.98 Å². The van der Waals surface area contributed by atoms with E-state index in [2.05, 4.69) is 44.8 Å². The van der Waals surface area contributed by atoms with Crippen molar-refractivity contribution in [2.45, 2.75) is 25.9 Å². The maximum atomic E-state index is 12.2. The fraction of sp³-hybridized carbons (Fsp3) is 0.261. The molecule has 0 atom stereocenters. The van der Waals surface area contributed by atoms with E-state index in [0.29, 0.717) is 10.7 Å². The summed E-state index contributed by atoms with van der Waals surface area (Å²) in [4.78, 5) is 32.5. The quantitative estimate of drug-likeness (QED) is 0.614. The minimum absolute atomic E-state index is 0.143. The normalized spacial score (nSPS) is 13.5. The van der Waals surface area contributed by atoms with Crippen LogP contribution >= 0.6 is 11.3 Å². The average Bonchev–Trinajstić information content (AvgIpc) is 3.16. The molecule has 2 heterocycles. The number of nitrogens with one attached hydrogen (secondary N) is 2. The zero-order chi connectivity index (χ0) is 20.8. The Balaban J connectivity index is 1.25. The molecule has 0 unspecified atom stereocenters. The van der Waals surface area contributed by atoms with Gasteiger partial charge in [-0.2, -0.15) is 0 Å². The van der Waals surface area contributed by atoms with E-state index in [1.165, 1.54) is 10.4 Å². The number of amides is 2. The lowest BCUT2D eigenvalue weighted by Gasteiger charge is -2.25. The molecule has 154 valence electrons. The first-order valence-electron chi connectivity index (χ1n) is 10.1. The third-order valence-corrected chi connectivity index (χ3v) is 5.98. The summed E-state index contributed by atoms with van der Waals surface area (Å²) in [6, 6.07) is 19.4. The smallest absolute Gasteiger partial charge is 0.251 e. The van der Waals surface area contributed by atoms with Crippen LogP contribution in [-0.4, -0.2) is 34.8 Å². The Morgan fingerprint density at radius 1 is 1.03 bits per heavy atom. The zero-order valence-electron chi connectivity index (χ0n) is 16.6. The second-order valence-electron chi connectivity index (χ2n) is 7.26. The lowest BCUT2D eigenvalue weighted by molar-refractivity contribution is -0.116. The van der Waals surface area contributed by atoms with E-state index in [9.17, 15) is 9.59 Å². The van der Waals surface area contributed by atoms with E-state index in [1.807, 2.05) is 24.3 Å². The summed E-state index contributed by atoms with van der Waals surface area (Å²) < 4.78 is 0. The summed E-state index contributed by atoms with van der Waals surface area (Å²) in [6.45, 7) is 3.02. The van der Waals surface area contributed by atoms with Crippen LogP contribution in [0.25, 0.3) is 0 Å². The van der Waals surface area contributed by atoms with Gasteiger partial charge in [0.25, 0.3) is 5.91 Å². The predicted molar refractivity (Wildman–Crippen MR) is 118 cm³/mol. The Bertz CT molecular complexity index is 1000. The lowest BCUT2D eigenvalue weighted by atomic mass is 10.1. The number of thiazole rings is 1. The van der Waals surface area contributed by atoms with Crippen LogP contribution in [0.15, 0.2) is 60.7 Å². The topological polar surface area (TPSA) is 74.3 Å². The largest absolute Gasteiger partial charge is 0.352 e. The maximum absolute atomic E-state index is 12.2. The Morgan fingerprint density at radius 2 is 1.77 bits per heavy atom. The number of rotatable bonds is 7. The van der Waals surface area contributed by atoms with Crippen molar-refractivity contribution in [1.82, 2.24) is 15.2 Å². The number of hydrogen-bond acceptors (Lipinski definition) is 5. The summed E-state index contributed by atoms with van der Waals surface area (Å²) in [5.74, 6) is -0.317. The molecule has 2 amide bonds. The fourth-order valence-corrected chi connectivity index (χ4v) is 4.51. The average molecular weight is 421 g/mol. The van der Waals surface area contributed by atoms with E-state index >= 15 is 0 Å². The first-order valence-corrected chi connectivity index (χ1v) is 10.9. The number of benzene rings is 2. The third kappa shape index (κ3) is 5.31. The van der Waals surface area contributed by atoms with Crippen molar-refractivity contribution in [3.05, 3.63) is 82.4 Å². The van der Waals surface area contributed by atoms with Gasteiger partial charge in [-0.05, 0) is 17.7 Å².